The zero-order valence-corrected chi connectivity index (χ0v) is 14.8. The van der Waals surface area contributed by atoms with Crippen LogP contribution in [0.1, 0.15) is 50.9 Å². The molecule has 2 aromatic heterocycles. The minimum atomic E-state index is -0.110. The van der Waals surface area contributed by atoms with Crippen molar-refractivity contribution in [3.05, 3.63) is 16.9 Å². The standard InChI is InChI=1S/C15H20ClN5O.ClH.H2/c1-9-14(18-11-6-4-3-5-7-11)21-13(17)8-12(16)19-15(21)20(9)10(2)22;;/h8,11,17-18H,3-7H2,1-2H3;2*1H. The molecule has 1 saturated carbocycles. The van der Waals surface area contributed by atoms with Crippen LogP contribution in [0, 0.1) is 6.92 Å². The van der Waals surface area contributed by atoms with E-state index in [1.54, 1.807) is 15.0 Å². The smallest absolute Gasteiger partial charge is 0.341 e. The Labute approximate surface area is 147 Å². The molecule has 2 aromatic rings. The summed E-state index contributed by atoms with van der Waals surface area (Å²) in [7, 11) is 0. The van der Waals surface area contributed by atoms with Gasteiger partial charge in [0.25, 0.3) is 5.91 Å². The average Bonchev–Trinajstić information content (AvgIpc) is 2.72. The van der Waals surface area contributed by atoms with Crippen LogP contribution in [0.25, 0.3) is 5.78 Å². The Balaban J connectivity index is 0.00000144. The van der Waals surface area contributed by atoms with Crippen LogP contribution in [0.3, 0.4) is 0 Å². The lowest BCUT2D eigenvalue weighted by Crippen LogP contribution is -3.00. The third kappa shape index (κ3) is 3.23. The largest absolute Gasteiger partial charge is 1.00 e. The Morgan fingerprint density at radius 2 is 2.13 bits per heavy atom. The molecule has 1 aliphatic rings. The molecule has 6 nitrogen and oxygen atoms in total. The highest BCUT2D eigenvalue weighted by Gasteiger charge is 2.28. The van der Waals surface area contributed by atoms with Gasteiger partial charge in [-0.25, -0.2) is 0 Å². The van der Waals surface area contributed by atoms with Gasteiger partial charge in [-0.3, -0.25) is 4.79 Å². The van der Waals surface area contributed by atoms with Gasteiger partial charge in [-0.2, -0.15) is 8.97 Å². The maximum Gasteiger partial charge on any atom is 0.341 e. The molecular formula is C15H23Cl2N5O. The van der Waals surface area contributed by atoms with E-state index in [4.69, 9.17) is 17.3 Å². The molecule has 3 N–H and O–H groups in total. The molecular weight excluding hydrogens is 337 g/mol. The van der Waals surface area contributed by atoms with Crippen molar-refractivity contribution in [1.82, 2.24) is 9.55 Å². The van der Waals surface area contributed by atoms with Crippen molar-refractivity contribution in [3.63, 3.8) is 0 Å². The number of imidazole rings is 1. The van der Waals surface area contributed by atoms with E-state index >= 15 is 0 Å². The topological polar surface area (TPSA) is 77.0 Å². The molecule has 0 spiro atoms. The Morgan fingerprint density at radius 1 is 1.48 bits per heavy atom. The molecule has 0 unspecified atom stereocenters. The number of carbonyl (C=O) groups excluding carboxylic acids is 1. The highest BCUT2D eigenvalue weighted by molar-refractivity contribution is 6.29. The molecule has 0 aliphatic heterocycles. The molecule has 0 saturated heterocycles. The van der Waals surface area contributed by atoms with E-state index in [9.17, 15) is 4.79 Å². The number of nitrogens with two attached hydrogens (primary N) is 1. The second-order valence-electron chi connectivity index (χ2n) is 5.91. The van der Waals surface area contributed by atoms with E-state index in [0.717, 1.165) is 24.4 Å². The Morgan fingerprint density at radius 3 is 2.74 bits per heavy atom. The highest BCUT2D eigenvalue weighted by Crippen LogP contribution is 2.24. The molecule has 8 heteroatoms. The van der Waals surface area contributed by atoms with Crippen molar-refractivity contribution in [2.45, 2.75) is 52.0 Å². The van der Waals surface area contributed by atoms with Gasteiger partial charge in [-0.1, -0.05) is 30.9 Å². The van der Waals surface area contributed by atoms with Crippen LogP contribution < -0.4 is 27.9 Å². The number of nitrogens with one attached hydrogen (secondary N) is 1. The lowest BCUT2D eigenvalue weighted by Gasteiger charge is -2.21. The normalized spacial score (nSPS) is 15.4. The van der Waals surface area contributed by atoms with Crippen molar-refractivity contribution in [2.24, 2.45) is 0 Å². The first-order valence-electron chi connectivity index (χ1n) is 7.65. The number of anilines is 2. The second-order valence-corrected chi connectivity index (χ2v) is 6.29. The van der Waals surface area contributed by atoms with Crippen LogP contribution in [-0.4, -0.2) is 21.5 Å². The number of aromatic nitrogens is 3. The number of hydrogen-bond acceptors (Lipinski definition) is 4. The second kappa shape index (κ2) is 6.93. The van der Waals surface area contributed by atoms with Gasteiger partial charge in [0.2, 0.25) is 5.82 Å². The summed E-state index contributed by atoms with van der Waals surface area (Å²) in [6, 6.07) is 2.01. The molecule has 128 valence electrons. The summed E-state index contributed by atoms with van der Waals surface area (Å²) < 4.78 is 3.32. The Hall–Kier alpha value is -1.53. The van der Waals surface area contributed by atoms with Crippen LogP contribution in [0.2, 0.25) is 5.15 Å². The molecule has 1 aliphatic carbocycles. The van der Waals surface area contributed by atoms with Gasteiger partial charge in [-0.15, -0.1) is 4.98 Å². The lowest BCUT2D eigenvalue weighted by molar-refractivity contribution is -0.481. The van der Waals surface area contributed by atoms with Crippen LogP contribution >= 0.6 is 11.6 Å². The van der Waals surface area contributed by atoms with Gasteiger partial charge in [0.1, 0.15) is 5.69 Å². The van der Waals surface area contributed by atoms with E-state index in [0.29, 0.717) is 17.6 Å². The fraction of sp³-hybridized carbons (Fsp3) is 0.533. The van der Waals surface area contributed by atoms with E-state index in [2.05, 4.69) is 10.3 Å². The number of nitrogen functional groups attached to an aromatic ring is 1. The molecule has 23 heavy (non-hydrogen) atoms. The summed E-state index contributed by atoms with van der Waals surface area (Å²) in [6.45, 7) is 3.41. The maximum atomic E-state index is 12.0. The summed E-state index contributed by atoms with van der Waals surface area (Å²) in [5.74, 6) is 1.64. The van der Waals surface area contributed by atoms with Gasteiger partial charge >= 0.3 is 5.78 Å². The number of halogens is 2. The molecule has 0 bridgehead atoms. The van der Waals surface area contributed by atoms with Gasteiger partial charge in [0.15, 0.2) is 11.0 Å². The number of rotatable bonds is 2. The zero-order chi connectivity index (χ0) is 15.9. The van der Waals surface area contributed by atoms with Gasteiger partial charge < -0.3 is 23.5 Å². The summed E-state index contributed by atoms with van der Waals surface area (Å²) in [5, 5.41) is 3.83. The van der Waals surface area contributed by atoms with Crippen molar-refractivity contribution in [1.29, 1.82) is 0 Å². The van der Waals surface area contributed by atoms with Gasteiger partial charge in [0.05, 0.1) is 6.04 Å². The molecule has 0 radical (unpaired) electrons. The van der Waals surface area contributed by atoms with E-state index in [-0.39, 0.29) is 24.9 Å². The predicted octanol–water partition coefficient (Wildman–Crippen LogP) is -0.179. The van der Waals surface area contributed by atoms with E-state index < -0.39 is 0 Å². The number of hydrogen-bond donors (Lipinski definition) is 2. The Kier molecular flexibility index (Phi) is 5.37. The quantitative estimate of drug-likeness (QED) is 0.576. The highest BCUT2D eigenvalue weighted by atomic mass is 35.5. The van der Waals surface area contributed by atoms with E-state index in [1.165, 1.54) is 26.2 Å². The van der Waals surface area contributed by atoms with Crippen LogP contribution in [0.15, 0.2) is 6.07 Å². The Bertz CT molecular complexity index is 743. The predicted molar refractivity (Wildman–Crippen MR) is 88.5 cm³/mol. The summed E-state index contributed by atoms with van der Waals surface area (Å²) in [6.07, 6.45) is 6.01. The first kappa shape index (κ1) is 17.8. The van der Waals surface area contributed by atoms with Crippen molar-refractivity contribution in [3.8, 4) is 0 Å². The molecule has 0 atom stereocenters. The minimum Gasteiger partial charge on any atom is -1.00 e. The van der Waals surface area contributed by atoms with Crippen LogP contribution in [0.5, 0.6) is 0 Å². The van der Waals surface area contributed by atoms with Crippen LogP contribution in [0.4, 0.5) is 11.6 Å². The number of nitrogens with zero attached hydrogens (tertiary/aromatic N) is 3. The van der Waals surface area contributed by atoms with Crippen LogP contribution in [-0.2, 0) is 0 Å². The monoisotopic (exact) mass is 359 g/mol. The first-order valence-corrected chi connectivity index (χ1v) is 8.03. The SMILES string of the molecule is CC(=O)n1c(C)c(NC2CCCCC2)[n+]2c(N)cc(Cl)nc12.[Cl-].[HH]. The first-order chi connectivity index (χ1) is 10.5. The minimum absolute atomic E-state index is 0. The van der Waals surface area contributed by atoms with Crippen molar-refractivity contribution < 1.29 is 23.0 Å². The zero-order valence-electron chi connectivity index (χ0n) is 13.3. The molecule has 1 fully saturated rings. The summed E-state index contributed by atoms with van der Waals surface area (Å²) in [5.41, 5.74) is 6.92. The summed E-state index contributed by atoms with van der Waals surface area (Å²) >= 11 is 6.00. The van der Waals surface area contributed by atoms with Gasteiger partial charge in [0, 0.05) is 14.4 Å². The maximum absolute atomic E-state index is 12.0. The molecule has 2 heterocycles. The molecule has 0 aromatic carbocycles. The number of fused-ring (bicyclic) bond motifs is 1. The third-order valence-corrected chi connectivity index (χ3v) is 4.49. The fourth-order valence-electron chi connectivity index (χ4n) is 3.26. The average molecular weight is 360 g/mol. The van der Waals surface area contributed by atoms with Crippen molar-refractivity contribution in [2.75, 3.05) is 11.1 Å². The van der Waals surface area contributed by atoms with E-state index in [1.807, 2.05) is 6.92 Å². The number of carbonyl (C=O) groups is 1. The lowest BCUT2D eigenvalue weighted by atomic mass is 9.95. The summed E-state index contributed by atoms with van der Waals surface area (Å²) in [4.78, 5) is 16.3. The van der Waals surface area contributed by atoms with Crippen molar-refractivity contribution >= 4 is 34.9 Å². The third-order valence-electron chi connectivity index (χ3n) is 4.29. The van der Waals surface area contributed by atoms with Gasteiger partial charge in [-0.05, 0) is 19.8 Å². The molecule has 3 rings (SSSR count). The molecule has 0 amide bonds. The fourth-order valence-corrected chi connectivity index (χ4v) is 3.45.